The van der Waals surface area contributed by atoms with Crippen molar-refractivity contribution in [2.24, 2.45) is 0 Å². The summed E-state index contributed by atoms with van der Waals surface area (Å²) >= 11 is 3.33. The Balaban J connectivity index is 3.55. The predicted molar refractivity (Wildman–Crippen MR) is 91.3 cm³/mol. The van der Waals surface area contributed by atoms with Crippen molar-refractivity contribution >= 4 is 26.0 Å². The zero-order valence-corrected chi connectivity index (χ0v) is 15.8. The molecule has 0 heterocycles. The number of unbranched alkanes of at least 4 members (excludes halogenated alkanes) is 8. The first-order valence-corrected chi connectivity index (χ1v) is 10.6. The average Bonchev–Trinajstić information content (AvgIpc) is 2.41. The lowest BCUT2D eigenvalue weighted by Gasteiger charge is -2.17. The van der Waals surface area contributed by atoms with Crippen LogP contribution in [0.5, 0.6) is 0 Å². The number of hydrogen-bond acceptors (Lipinski definition) is 3. The summed E-state index contributed by atoms with van der Waals surface area (Å²) in [6, 6.07) is 0. The van der Waals surface area contributed by atoms with Crippen LogP contribution in [0, 0.1) is 0 Å². The number of ether oxygens (including phenoxy) is 1. The van der Waals surface area contributed by atoms with E-state index >= 15 is 0 Å². The molecular formula is C15H31BrO4S. The highest BCUT2D eigenvalue weighted by atomic mass is 79.9. The van der Waals surface area contributed by atoms with Gasteiger partial charge in [-0.15, -0.1) is 0 Å². The molecule has 0 aliphatic rings. The topological polar surface area (TPSA) is 63.6 Å². The fourth-order valence-electron chi connectivity index (χ4n) is 2.23. The zero-order chi connectivity index (χ0) is 16.1. The Morgan fingerprint density at radius 1 is 0.952 bits per heavy atom. The van der Waals surface area contributed by atoms with E-state index in [4.69, 9.17) is 9.29 Å². The van der Waals surface area contributed by atoms with Gasteiger partial charge in [0, 0.05) is 0 Å². The normalized spacial score (nSPS) is 15.0. The molecular weight excluding hydrogens is 356 g/mol. The van der Waals surface area contributed by atoms with Gasteiger partial charge in [-0.25, -0.2) is 0 Å². The first-order chi connectivity index (χ1) is 9.91. The second kappa shape index (κ2) is 12.9. The molecule has 2 atom stereocenters. The van der Waals surface area contributed by atoms with Crippen molar-refractivity contribution in [1.82, 2.24) is 0 Å². The van der Waals surface area contributed by atoms with Crippen LogP contribution in [0.4, 0.5) is 0 Å². The van der Waals surface area contributed by atoms with E-state index < -0.39 is 15.6 Å². The minimum Gasteiger partial charge on any atom is -0.345 e. The van der Waals surface area contributed by atoms with E-state index in [2.05, 4.69) is 22.9 Å². The van der Waals surface area contributed by atoms with Gasteiger partial charge in [-0.3, -0.25) is 4.55 Å². The first-order valence-electron chi connectivity index (χ1n) is 8.17. The van der Waals surface area contributed by atoms with Crippen LogP contribution in [0.25, 0.3) is 0 Å². The van der Waals surface area contributed by atoms with Crippen LogP contribution in [0.15, 0.2) is 0 Å². The van der Waals surface area contributed by atoms with Crippen molar-refractivity contribution in [2.75, 3.05) is 0 Å². The van der Waals surface area contributed by atoms with E-state index in [9.17, 15) is 8.42 Å². The van der Waals surface area contributed by atoms with Gasteiger partial charge in [-0.05, 0) is 19.3 Å². The van der Waals surface area contributed by atoms with Gasteiger partial charge in [0.2, 0.25) is 0 Å². The SMILES string of the molecule is CCCCCCCCCCCC(Br)OC(CC)S(=O)(=O)O. The highest BCUT2D eigenvalue weighted by molar-refractivity contribution is 9.09. The van der Waals surface area contributed by atoms with Crippen LogP contribution >= 0.6 is 15.9 Å². The highest BCUT2D eigenvalue weighted by Gasteiger charge is 2.24. The molecule has 0 rings (SSSR count). The Labute approximate surface area is 138 Å². The minimum atomic E-state index is -4.11. The van der Waals surface area contributed by atoms with Crippen molar-refractivity contribution in [3.05, 3.63) is 0 Å². The molecule has 21 heavy (non-hydrogen) atoms. The Morgan fingerprint density at radius 3 is 1.86 bits per heavy atom. The molecule has 0 aliphatic heterocycles. The molecule has 0 fully saturated rings. The molecule has 0 saturated carbocycles. The van der Waals surface area contributed by atoms with Crippen molar-refractivity contribution < 1.29 is 17.7 Å². The molecule has 1 N–H and O–H groups in total. The van der Waals surface area contributed by atoms with Gasteiger partial charge in [0.15, 0.2) is 5.44 Å². The second-order valence-electron chi connectivity index (χ2n) is 5.52. The van der Waals surface area contributed by atoms with Gasteiger partial charge < -0.3 is 4.74 Å². The lowest BCUT2D eigenvalue weighted by molar-refractivity contribution is 0.0749. The Morgan fingerprint density at radius 2 is 1.43 bits per heavy atom. The summed E-state index contributed by atoms with van der Waals surface area (Å²) in [5.74, 6) is 0. The van der Waals surface area contributed by atoms with E-state index in [1.54, 1.807) is 6.92 Å². The van der Waals surface area contributed by atoms with Gasteiger partial charge in [-0.1, -0.05) is 81.1 Å². The summed E-state index contributed by atoms with van der Waals surface area (Å²) in [4.78, 5) is 0. The Kier molecular flexibility index (Phi) is 13.1. The van der Waals surface area contributed by atoms with E-state index in [0.717, 1.165) is 19.3 Å². The van der Waals surface area contributed by atoms with E-state index in [0.29, 0.717) is 0 Å². The molecule has 6 heteroatoms. The van der Waals surface area contributed by atoms with Crippen molar-refractivity contribution in [1.29, 1.82) is 0 Å². The summed E-state index contributed by atoms with van der Waals surface area (Å²) in [5, 5.41) is -0.311. The summed E-state index contributed by atoms with van der Waals surface area (Å²) in [6.07, 6.45) is 12.3. The summed E-state index contributed by atoms with van der Waals surface area (Å²) in [6.45, 7) is 3.90. The summed E-state index contributed by atoms with van der Waals surface area (Å²) in [7, 11) is -4.11. The molecule has 0 bridgehead atoms. The molecule has 2 unspecified atom stereocenters. The van der Waals surface area contributed by atoms with E-state index in [1.807, 2.05) is 0 Å². The van der Waals surface area contributed by atoms with Crippen molar-refractivity contribution in [3.8, 4) is 0 Å². The third kappa shape index (κ3) is 12.6. The number of halogens is 1. The van der Waals surface area contributed by atoms with E-state index in [-0.39, 0.29) is 11.4 Å². The van der Waals surface area contributed by atoms with Crippen LogP contribution in [0.2, 0.25) is 0 Å². The van der Waals surface area contributed by atoms with Gasteiger partial charge in [0.1, 0.15) is 5.01 Å². The first kappa shape index (κ1) is 21.4. The van der Waals surface area contributed by atoms with Gasteiger partial charge >= 0.3 is 0 Å². The third-order valence-electron chi connectivity index (χ3n) is 3.50. The smallest absolute Gasteiger partial charge is 0.292 e. The molecule has 0 aromatic heterocycles. The van der Waals surface area contributed by atoms with Gasteiger partial charge in [-0.2, -0.15) is 8.42 Å². The predicted octanol–water partition coefficient (Wildman–Crippen LogP) is 5.27. The maximum atomic E-state index is 11.0. The number of rotatable bonds is 14. The average molecular weight is 387 g/mol. The highest BCUT2D eigenvalue weighted by Crippen LogP contribution is 2.19. The van der Waals surface area contributed by atoms with Crippen LogP contribution in [-0.2, 0) is 14.9 Å². The van der Waals surface area contributed by atoms with Gasteiger partial charge in [0.25, 0.3) is 10.1 Å². The van der Waals surface area contributed by atoms with Crippen LogP contribution in [0.3, 0.4) is 0 Å². The largest absolute Gasteiger partial charge is 0.345 e. The second-order valence-corrected chi connectivity index (χ2v) is 8.09. The molecule has 0 aliphatic carbocycles. The van der Waals surface area contributed by atoms with E-state index in [1.165, 1.54) is 44.9 Å². The lowest BCUT2D eigenvalue weighted by Crippen LogP contribution is -2.26. The fraction of sp³-hybridized carbons (Fsp3) is 1.00. The molecule has 0 radical (unpaired) electrons. The number of alkyl halides is 1. The van der Waals surface area contributed by atoms with Crippen molar-refractivity contribution in [3.63, 3.8) is 0 Å². The lowest BCUT2D eigenvalue weighted by atomic mass is 10.1. The molecule has 128 valence electrons. The molecule has 0 amide bonds. The number of hydrogen-bond donors (Lipinski definition) is 1. The molecule has 0 spiro atoms. The standard InChI is InChI=1S/C15H31BrO4S/c1-3-5-6-7-8-9-10-11-12-13-14(16)20-15(4-2)21(17,18)19/h14-15H,3-13H2,1-2H3,(H,17,18,19). The fourth-order valence-corrected chi connectivity index (χ4v) is 3.65. The summed E-state index contributed by atoms with van der Waals surface area (Å²) in [5.41, 5.74) is -1.12. The molecule has 0 aromatic rings. The Bertz CT molecular complexity index is 333. The third-order valence-corrected chi connectivity index (χ3v) is 5.28. The maximum Gasteiger partial charge on any atom is 0.292 e. The van der Waals surface area contributed by atoms with Crippen LogP contribution < -0.4 is 0 Å². The van der Waals surface area contributed by atoms with Crippen LogP contribution in [-0.4, -0.2) is 23.4 Å². The molecule has 0 aromatic carbocycles. The molecule has 4 nitrogen and oxygen atoms in total. The quantitative estimate of drug-likeness (QED) is 0.251. The zero-order valence-electron chi connectivity index (χ0n) is 13.4. The minimum absolute atomic E-state index is 0.249. The monoisotopic (exact) mass is 386 g/mol. The molecule has 0 saturated heterocycles. The van der Waals surface area contributed by atoms with Crippen LogP contribution in [0.1, 0.15) is 84.5 Å². The van der Waals surface area contributed by atoms with Crippen molar-refractivity contribution in [2.45, 2.75) is 94.9 Å². The van der Waals surface area contributed by atoms with Gasteiger partial charge in [0.05, 0.1) is 0 Å². The maximum absolute atomic E-state index is 11.0. The Hall–Kier alpha value is 0.350. The summed E-state index contributed by atoms with van der Waals surface area (Å²) < 4.78 is 36.4.